The summed E-state index contributed by atoms with van der Waals surface area (Å²) in [4.78, 5) is 16.8. The number of hydrogen-bond acceptors (Lipinski definition) is 5. The second kappa shape index (κ2) is 8.28. The number of fused-ring (bicyclic) bond motifs is 1. The predicted octanol–water partition coefficient (Wildman–Crippen LogP) is 3.80. The van der Waals surface area contributed by atoms with Gasteiger partial charge in [0, 0.05) is 12.7 Å². The molecule has 1 amide bonds. The highest BCUT2D eigenvalue weighted by molar-refractivity contribution is 6.34. The summed E-state index contributed by atoms with van der Waals surface area (Å²) >= 11 is 6.37. The van der Waals surface area contributed by atoms with Gasteiger partial charge in [0.05, 0.1) is 22.9 Å². The van der Waals surface area contributed by atoms with Crippen molar-refractivity contribution >= 4 is 28.7 Å². The molecule has 0 bridgehead atoms. The monoisotopic (exact) mass is 407 g/mol. The lowest BCUT2D eigenvalue weighted by atomic mass is 10.1. The van der Waals surface area contributed by atoms with Crippen molar-refractivity contribution in [2.24, 2.45) is 0 Å². The lowest BCUT2D eigenvalue weighted by molar-refractivity contribution is 0.0951. The number of pyridine rings is 1. The maximum atomic E-state index is 12.6. The average molecular weight is 408 g/mol. The van der Waals surface area contributed by atoms with E-state index in [1.807, 2.05) is 37.3 Å². The maximum absolute atomic E-state index is 12.6. The van der Waals surface area contributed by atoms with Gasteiger partial charge in [-0.3, -0.25) is 4.79 Å². The van der Waals surface area contributed by atoms with Crippen LogP contribution in [-0.4, -0.2) is 32.5 Å². The van der Waals surface area contributed by atoms with Crippen LogP contribution in [-0.2, 0) is 6.54 Å². The van der Waals surface area contributed by atoms with E-state index in [9.17, 15) is 4.79 Å². The number of carbonyl (C=O) groups excluding carboxylic acids is 1. The van der Waals surface area contributed by atoms with Gasteiger partial charge in [-0.15, -0.1) is 5.10 Å². The molecule has 0 spiro atoms. The van der Waals surface area contributed by atoms with Gasteiger partial charge in [-0.05, 0) is 55.0 Å². The number of rotatable bonds is 6. The number of amides is 1. The van der Waals surface area contributed by atoms with Gasteiger partial charge in [-0.25, -0.2) is 4.98 Å². The molecule has 0 radical (unpaired) electrons. The first-order valence-corrected chi connectivity index (χ1v) is 9.50. The number of nitrogens with zero attached hydrogens (tertiary/aromatic N) is 4. The van der Waals surface area contributed by atoms with Crippen LogP contribution in [0.5, 0.6) is 5.75 Å². The Bertz CT molecular complexity index is 1160. The average Bonchev–Trinajstić information content (AvgIpc) is 3.17. The van der Waals surface area contributed by atoms with Crippen LogP contribution in [0, 0.1) is 0 Å². The van der Waals surface area contributed by atoms with Gasteiger partial charge in [0.15, 0.2) is 5.65 Å². The Morgan fingerprint density at radius 3 is 2.76 bits per heavy atom. The second-order valence-electron chi connectivity index (χ2n) is 6.27. The van der Waals surface area contributed by atoms with Crippen molar-refractivity contribution < 1.29 is 9.53 Å². The van der Waals surface area contributed by atoms with Crippen molar-refractivity contribution in [3.63, 3.8) is 0 Å². The van der Waals surface area contributed by atoms with Crippen LogP contribution in [0.3, 0.4) is 0 Å². The molecule has 1 N–H and O–H groups in total. The second-order valence-corrected chi connectivity index (χ2v) is 6.68. The smallest absolute Gasteiger partial charge is 0.253 e. The molecule has 2 aromatic carbocycles. The molecule has 0 fully saturated rings. The normalized spacial score (nSPS) is 10.8. The number of carbonyl (C=O) groups is 1. The number of hydrogen-bond donors (Lipinski definition) is 1. The number of aromatic nitrogens is 4. The third-order valence-corrected chi connectivity index (χ3v) is 4.65. The summed E-state index contributed by atoms with van der Waals surface area (Å²) < 4.78 is 7.01. The molecule has 0 aliphatic rings. The number of benzene rings is 2. The van der Waals surface area contributed by atoms with Crippen LogP contribution in [0.25, 0.3) is 16.9 Å². The first-order chi connectivity index (χ1) is 14.2. The van der Waals surface area contributed by atoms with Crippen molar-refractivity contribution in [3.8, 4) is 11.4 Å². The van der Waals surface area contributed by atoms with Gasteiger partial charge < -0.3 is 10.1 Å². The molecule has 0 unspecified atom stereocenters. The third-order valence-electron chi connectivity index (χ3n) is 4.34. The maximum Gasteiger partial charge on any atom is 0.253 e. The molecular weight excluding hydrogens is 390 g/mol. The molecule has 0 aliphatic carbocycles. The Labute approximate surface area is 172 Å². The highest BCUT2D eigenvalue weighted by Crippen LogP contribution is 2.22. The molecule has 29 heavy (non-hydrogen) atoms. The fraction of sp³-hybridized carbons (Fsp3) is 0.143. The van der Waals surface area contributed by atoms with E-state index in [1.165, 1.54) is 0 Å². The molecule has 0 atom stereocenters. The largest absolute Gasteiger partial charge is 0.494 e. The molecule has 0 saturated heterocycles. The Balaban J connectivity index is 1.48. The van der Waals surface area contributed by atoms with Crippen LogP contribution < -0.4 is 10.1 Å². The van der Waals surface area contributed by atoms with E-state index >= 15 is 0 Å². The predicted molar refractivity (Wildman–Crippen MR) is 110 cm³/mol. The minimum atomic E-state index is -0.253. The first-order valence-electron chi connectivity index (χ1n) is 9.12. The Morgan fingerprint density at radius 2 is 2.00 bits per heavy atom. The molecular formula is C21H18ClN5O2. The van der Waals surface area contributed by atoms with Gasteiger partial charge >= 0.3 is 0 Å². The minimum absolute atomic E-state index is 0.253. The molecule has 8 heteroatoms. The first kappa shape index (κ1) is 18.9. The van der Waals surface area contributed by atoms with Gasteiger partial charge in [0.25, 0.3) is 5.91 Å². The van der Waals surface area contributed by atoms with E-state index in [2.05, 4.69) is 20.6 Å². The molecule has 2 aromatic heterocycles. The Hall–Kier alpha value is -3.45. The lowest BCUT2D eigenvalue weighted by Gasteiger charge is -2.09. The van der Waals surface area contributed by atoms with Crippen LogP contribution >= 0.6 is 11.6 Å². The summed E-state index contributed by atoms with van der Waals surface area (Å²) in [5.74, 6) is 0.549. The SMILES string of the molecule is CCOc1ccc(CNC(=O)c2ccc(-n3nnc4cccnc43)cc2Cl)cc1. The summed E-state index contributed by atoms with van der Waals surface area (Å²) in [6.45, 7) is 2.94. The number of nitrogens with one attached hydrogen (secondary N) is 1. The zero-order chi connectivity index (χ0) is 20.2. The van der Waals surface area contributed by atoms with E-state index < -0.39 is 0 Å². The van der Waals surface area contributed by atoms with Crippen LogP contribution in [0.2, 0.25) is 5.02 Å². The lowest BCUT2D eigenvalue weighted by Crippen LogP contribution is -2.23. The molecule has 4 aromatic rings. The fourth-order valence-electron chi connectivity index (χ4n) is 2.91. The summed E-state index contributed by atoms with van der Waals surface area (Å²) in [6, 6.07) is 16.3. The molecule has 2 heterocycles. The standard InChI is InChI=1S/C21H18ClN5O2/c1-2-29-16-8-5-14(6-9-16)13-24-21(28)17-10-7-15(12-18(17)22)27-20-19(25-26-27)4-3-11-23-20/h3-12H,2,13H2,1H3,(H,24,28). The molecule has 7 nitrogen and oxygen atoms in total. The third kappa shape index (κ3) is 4.05. The zero-order valence-corrected chi connectivity index (χ0v) is 16.4. The highest BCUT2D eigenvalue weighted by Gasteiger charge is 2.13. The van der Waals surface area contributed by atoms with E-state index in [0.29, 0.717) is 40.6 Å². The minimum Gasteiger partial charge on any atom is -0.494 e. The summed E-state index contributed by atoms with van der Waals surface area (Å²) in [5.41, 5.74) is 3.34. The summed E-state index contributed by atoms with van der Waals surface area (Å²) in [7, 11) is 0. The topological polar surface area (TPSA) is 81.9 Å². The van der Waals surface area contributed by atoms with Crippen molar-refractivity contribution in [2.45, 2.75) is 13.5 Å². The molecule has 0 saturated carbocycles. The Kier molecular flexibility index (Phi) is 5.39. The van der Waals surface area contributed by atoms with E-state index in [-0.39, 0.29) is 5.91 Å². The fourth-order valence-corrected chi connectivity index (χ4v) is 3.17. The van der Waals surface area contributed by atoms with Crippen molar-refractivity contribution in [2.75, 3.05) is 6.61 Å². The molecule has 4 rings (SSSR count). The van der Waals surface area contributed by atoms with Crippen molar-refractivity contribution in [1.82, 2.24) is 25.3 Å². The van der Waals surface area contributed by atoms with Gasteiger partial charge in [0.1, 0.15) is 11.3 Å². The van der Waals surface area contributed by atoms with Crippen molar-refractivity contribution in [1.29, 1.82) is 0 Å². The molecule has 146 valence electrons. The van der Waals surface area contributed by atoms with Gasteiger partial charge in [-0.2, -0.15) is 4.68 Å². The van der Waals surface area contributed by atoms with E-state index in [4.69, 9.17) is 16.3 Å². The number of ether oxygens (including phenoxy) is 1. The van der Waals surface area contributed by atoms with Crippen LogP contribution in [0.4, 0.5) is 0 Å². The van der Waals surface area contributed by atoms with Crippen LogP contribution in [0.1, 0.15) is 22.8 Å². The van der Waals surface area contributed by atoms with E-state index in [0.717, 1.165) is 11.3 Å². The molecule has 0 aliphatic heterocycles. The van der Waals surface area contributed by atoms with Crippen molar-refractivity contribution in [3.05, 3.63) is 76.9 Å². The van der Waals surface area contributed by atoms with Crippen LogP contribution in [0.15, 0.2) is 60.8 Å². The summed E-state index contributed by atoms with van der Waals surface area (Å²) in [6.07, 6.45) is 1.67. The van der Waals surface area contributed by atoms with E-state index in [1.54, 1.807) is 35.1 Å². The van der Waals surface area contributed by atoms with Gasteiger partial charge in [0.2, 0.25) is 0 Å². The number of halogens is 1. The zero-order valence-electron chi connectivity index (χ0n) is 15.7. The highest BCUT2D eigenvalue weighted by atomic mass is 35.5. The summed E-state index contributed by atoms with van der Waals surface area (Å²) in [5, 5.41) is 11.4. The van der Waals surface area contributed by atoms with Gasteiger partial charge in [-0.1, -0.05) is 28.9 Å². The quantitative estimate of drug-likeness (QED) is 0.525. The Morgan fingerprint density at radius 1 is 1.17 bits per heavy atom.